The summed E-state index contributed by atoms with van der Waals surface area (Å²) in [5.74, 6) is -3.77. The van der Waals surface area contributed by atoms with Crippen LogP contribution in [0, 0.1) is 6.92 Å². The molecule has 0 saturated carbocycles. The Bertz CT molecular complexity index is 476. The van der Waals surface area contributed by atoms with Gasteiger partial charge in [0.25, 0.3) is 5.92 Å². The first-order chi connectivity index (χ1) is 8.42. The molecule has 4 nitrogen and oxygen atoms in total. The topological polar surface area (TPSA) is 54.9 Å². The summed E-state index contributed by atoms with van der Waals surface area (Å²) in [6.07, 6.45) is 1.61. The molecule has 1 atom stereocenters. The van der Waals surface area contributed by atoms with E-state index < -0.39 is 11.8 Å². The molecule has 1 aromatic heterocycles. The summed E-state index contributed by atoms with van der Waals surface area (Å²) in [4.78, 5) is 19.5. The van der Waals surface area contributed by atoms with Gasteiger partial charge in [-0.1, -0.05) is 0 Å². The summed E-state index contributed by atoms with van der Waals surface area (Å²) >= 11 is 0. The Morgan fingerprint density at radius 2 is 2.28 bits per heavy atom. The molecule has 0 aliphatic carbocycles. The number of nitrogens with one attached hydrogen (secondary N) is 1. The van der Waals surface area contributed by atoms with Gasteiger partial charge in [0.15, 0.2) is 5.78 Å². The SMILES string of the molecule is CC(=O)c1cnc(C)nc1C1CCNCC1(F)F. The van der Waals surface area contributed by atoms with Crippen LogP contribution in [-0.4, -0.2) is 34.8 Å². The second-order valence-electron chi connectivity index (χ2n) is 4.55. The number of Topliss-reactive ketones (excluding diaryl/α,β-unsaturated/α-hetero) is 1. The molecule has 6 heteroatoms. The van der Waals surface area contributed by atoms with Crippen molar-refractivity contribution in [2.24, 2.45) is 0 Å². The third-order valence-electron chi connectivity index (χ3n) is 3.13. The number of alkyl halides is 2. The number of carbonyl (C=O) groups excluding carboxylic acids is 1. The fourth-order valence-electron chi connectivity index (χ4n) is 2.20. The molecule has 2 rings (SSSR count). The van der Waals surface area contributed by atoms with Crippen LogP contribution in [0.2, 0.25) is 0 Å². The Balaban J connectivity index is 2.48. The van der Waals surface area contributed by atoms with E-state index in [1.807, 2.05) is 0 Å². The Morgan fingerprint density at radius 1 is 1.56 bits per heavy atom. The van der Waals surface area contributed by atoms with Gasteiger partial charge in [-0.3, -0.25) is 4.79 Å². The molecule has 1 unspecified atom stereocenters. The van der Waals surface area contributed by atoms with E-state index in [4.69, 9.17) is 0 Å². The fraction of sp³-hybridized carbons (Fsp3) is 0.583. The Kier molecular flexibility index (Phi) is 3.38. The lowest BCUT2D eigenvalue weighted by atomic mass is 9.87. The molecule has 1 aliphatic rings. The van der Waals surface area contributed by atoms with Crippen molar-refractivity contribution in [2.45, 2.75) is 32.1 Å². The molecule has 1 aromatic rings. The average molecular weight is 255 g/mol. The lowest BCUT2D eigenvalue weighted by Crippen LogP contribution is -2.45. The minimum Gasteiger partial charge on any atom is -0.311 e. The summed E-state index contributed by atoms with van der Waals surface area (Å²) in [5, 5.41) is 2.66. The maximum atomic E-state index is 13.9. The molecule has 0 radical (unpaired) electrons. The first-order valence-corrected chi connectivity index (χ1v) is 5.85. The van der Waals surface area contributed by atoms with Crippen LogP contribution in [0.1, 0.15) is 41.1 Å². The van der Waals surface area contributed by atoms with E-state index in [1.54, 1.807) is 6.92 Å². The number of ketones is 1. The van der Waals surface area contributed by atoms with Crippen molar-refractivity contribution in [3.63, 3.8) is 0 Å². The highest BCUT2D eigenvalue weighted by atomic mass is 19.3. The summed E-state index contributed by atoms with van der Waals surface area (Å²) < 4.78 is 27.8. The van der Waals surface area contributed by atoms with E-state index in [0.717, 1.165) is 0 Å². The lowest BCUT2D eigenvalue weighted by molar-refractivity contribution is -0.0434. The first-order valence-electron chi connectivity index (χ1n) is 5.85. The van der Waals surface area contributed by atoms with Crippen molar-refractivity contribution in [2.75, 3.05) is 13.1 Å². The third kappa shape index (κ3) is 2.38. The molecular formula is C12H15F2N3O. The Hall–Kier alpha value is -1.43. The van der Waals surface area contributed by atoms with Crippen LogP contribution >= 0.6 is 0 Å². The molecule has 0 bridgehead atoms. The predicted octanol–water partition coefficient (Wildman–Crippen LogP) is 1.70. The van der Waals surface area contributed by atoms with Crippen LogP contribution in [0.15, 0.2) is 6.20 Å². The normalized spacial score (nSPS) is 22.8. The van der Waals surface area contributed by atoms with Crippen LogP contribution in [0.25, 0.3) is 0 Å². The zero-order valence-corrected chi connectivity index (χ0v) is 10.3. The molecule has 0 aromatic carbocycles. The number of hydrogen-bond donors (Lipinski definition) is 1. The van der Waals surface area contributed by atoms with Crippen LogP contribution in [-0.2, 0) is 0 Å². The molecule has 98 valence electrons. The van der Waals surface area contributed by atoms with E-state index in [0.29, 0.717) is 12.4 Å². The largest absolute Gasteiger partial charge is 0.311 e. The third-order valence-corrected chi connectivity index (χ3v) is 3.13. The van der Waals surface area contributed by atoms with Gasteiger partial charge in [0, 0.05) is 6.20 Å². The smallest absolute Gasteiger partial charge is 0.268 e. The lowest BCUT2D eigenvalue weighted by Gasteiger charge is -2.32. The summed E-state index contributed by atoms with van der Waals surface area (Å²) in [7, 11) is 0. The highest BCUT2D eigenvalue weighted by Gasteiger charge is 2.44. The van der Waals surface area contributed by atoms with Gasteiger partial charge in [-0.15, -0.1) is 0 Å². The number of rotatable bonds is 2. The van der Waals surface area contributed by atoms with Gasteiger partial charge >= 0.3 is 0 Å². The zero-order chi connectivity index (χ0) is 13.3. The monoisotopic (exact) mass is 255 g/mol. The van der Waals surface area contributed by atoms with Crippen molar-refractivity contribution in [1.82, 2.24) is 15.3 Å². The number of nitrogens with zero attached hydrogens (tertiary/aromatic N) is 2. The van der Waals surface area contributed by atoms with E-state index in [9.17, 15) is 13.6 Å². The van der Waals surface area contributed by atoms with Crippen molar-refractivity contribution >= 4 is 5.78 Å². The van der Waals surface area contributed by atoms with E-state index in [1.165, 1.54) is 13.1 Å². The summed E-state index contributed by atoms with van der Waals surface area (Å²) in [6.45, 7) is 3.10. The van der Waals surface area contributed by atoms with Gasteiger partial charge < -0.3 is 5.32 Å². The van der Waals surface area contributed by atoms with Crippen LogP contribution in [0.5, 0.6) is 0 Å². The van der Waals surface area contributed by atoms with Crippen molar-refractivity contribution < 1.29 is 13.6 Å². The minimum absolute atomic E-state index is 0.182. The van der Waals surface area contributed by atoms with E-state index >= 15 is 0 Å². The molecule has 2 heterocycles. The zero-order valence-electron chi connectivity index (χ0n) is 10.3. The first kappa shape index (κ1) is 13.0. The van der Waals surface area contributed by atoms with E-state index in [-0.39, 0.29) is 30.0 Å². The molecule has 0 spiro atoms. The number of piperidine rings is 1. The second-order valence-corrected chi connectivity index (χ2v) is 4.55. The van der Waals surface area contributed by atoms with Gasteiger partial charge in [0.1, 0.15) is 5.82 Å². The molecule has 1 aliphatic heterocycles. The van der Waals surface area contributed by atoms with Crippen LogP contribution in [0.4, 0.5) is 8.78 Å². The van der Waals surface area contributed by atoms with Crippen molar-refractivity contribution in [3.8, 4) is 0 Å². The Labute approximate surface area is 104 Å². The second kappa shape index (κ2) is 4.68. The molecule has 1 saturated heterocycles. The predicted molar refractivity (Wildman–Crippen MR) is 61.9 cm³/mol. The number of aromatic nitrogens is 2. The quantitative estimate of drug-likeness (QED) is 0.817. The molecular weight excluding hydrogens is 240 g/mol. The molecule has 1 fully saturated rings. The highest BCUT2D eigenvalue weighted by Crippen LogP contribution is 2.38. The van der Waals surface area contributed by atoms with Crippen molar-refractivity contribution in [1.29, 1.82) is 0 Å². The van der Waals surface area contributed by atoms with E-state index in [2.05, 4.69) is 15.3 Å². The maximum Gasteiger partial charge on any atom is 0.268 e. The van der Waals surface area contributed by atoms with Crippen LogP contribution in [0.3, 0.4) is 0 Å². The van der Waals surface area contributed by atoms with Gasteiger partial charge in [0.2, 0.25) is 0 Å². The number of hydrogen-bond acceptors (Lipinski definition) is 4. The summed E-state index contributed by atoms with van der Waals surface area (Å²) in [6, 6.07) is 0. The number of carbonyl (C=O) groups is 1. The Morgan fingerprint density at radius 3 is 2.89 bits per heavy atom. The maximum absolute atomic E-state index is 13.9. The number of aryl methyl sites for hydroxylation is 1. The standard InChI is InChI=1S/C12H15F2N3O/c1-7(18)9-5-16-8(2)17-11(9)10-3-4-15-6-12(10,13)14/h5,10,15H,3-4,6H2,1-2H3. The molecule has 18 heavy (non-hydrogen) atoms. The molecule has 0 amide bonds. The van der Waals surface area contributed by atoms with Gasteiger partial charge in [-0.2, -0.15) is 0 Å². The fourth-order valence-corrected chi connectivity index (χ4v) is 2.20. The number of halogens is 2. The van der Waals surface area contributed by atoms with Crippen LogP contribution < -0.4 is 5.32 Å². The van der Waals surface area contributed by atoms with Gasteiger partial charge in [0.05, 0.1) is 23.7 Å². The summed E-state index contributed by atoms with van der Waals surface area (Å²) in [5.41, 5.74) is 0.383. The minimum atomic E-state index is -2.89. The van der Waals surface area contributed by atoms with Gasteiger partial charge in [-0.05, 0) is 26.8 Å². The highest BCUT2D eigenvalue weighted by molar-refractivity contribution is 5.95. The average Bonchev–Trinajstić information content (AvgIpc) is 2.27. The molecule has 1 N–H and O–H groups in total. The van der Waals surface area contributed by atoms with Gasteiger partial charge in [-0.25, -0.2) is 18.7 Å². The van der Waals surface area contributed by atoms with Crippen molar-refractivity contribution in [3.05, 3.63) is 23.3 Å².